The van der Waals surface area contributed by atoms with E-state index in [1.165, 1.54) is 6.92 Å². The Bertz CT molecular complexity index is 883. The number of hydrogen-bond acceptors (Lipinski definition) is 6. The summed E-state index contributed by atoms with van der Waals surface area (Å²) in [5, 5.41) is 5.08. The van der Waals surface area contributed by atoms with Crippen LogP contribution >= 0.6 is 0 Å². The van der Waals surface area contributed by atoms with Crippen LogP contribution in [0.4, 0.5) is 0 Å². The van der Waals surface area contributed by atoms with Crippen LogP contribution < -0.4 is 22.1 Å². The number of carbonyl (C=O) groups excluding carboxylic acids is 5. The zero-order valence-corrected chi connectivity index (χ0v) is 19.7. The van der Waals surface area contributed by atoms with E-state index < -0.39 is 30.2 Å². The van der Waals surface area contributed by atoms with E-state index in [1.54, 1.807) is 6.92 Å². The van der Waals surface area contributed by atoms with Gasteiger partial charge in [-0.1, -0.05) is 37.3 Å². The van der Waals surface area contributed by atoms with Gasteiger partial charge in [0.2, 0.25) is 17.6 Å². The average Bonchev–Trinajstić information content (AvgIpc) is 2.79. The molecule has 1 rings (SSSR count). The van der Waals surface area contributed by atoms with Crippen molar-refractivity contribution in [2.45, 2.75) is 45.6 Å². The van der Waals surface area contributed by atoms with Crippen molar-refractivity contribution in [3.63, 3.8) is 0 Å². The van der Waals surface area contributed by atoms with Crippen LogP contribution in [0.25, 0.3) is 0 Å². The van der Waals surface area contributed by atoms with Gasteiger partial charge in [0.05, 0.1) is 19.1 Å². The predicted molar refractivity (Wildman–Crippen MR) is 128 cm³/mol. The Morgan fingerprint density at radius 2 is 1.74 bits per heavy atom. The largest absolute Gasteiger partial charge is 0.370 e. The fourth-order valence-electron chi connectivity index (χ4n) is 3.12. The molecule has 11 heteroatoms. The molecule has 186 valence electrons. The lowest BCUT2D eigenvalue weighted by Gasteiger charge is -2.22. The quantitative estimate of drug-likeness (QED) is 0.112. The molecule has 11 nitrogen and oxygen atoms in total. The first-order valence-corrected chi connectivity index (χ1v) is 11.1. The minimum absolute atomic E-state index is 0.108. The zero-order valence-electron chi connectivity index (χ0n) is 19.7. The molecule has 0 aliphatic rings. The third-order valence-corrected chi connectivity index (χ3v) is 4.77. The molecule has 0 bridgehead atoms. The van der Waals surface area contributed by atoms with Crippen LogP contribution in [0.2, 0.25) is 0 Å². The number of nitrogens with two attached hydrogens (primary N) is 2. The Balaban J connectivity index is 2.78. The van der Waals surface area contributed by atoms with E-state index in [1.807, 2.05) is 30.3 Å². The smallest absolute Gasteiger partial charge is 0.289 e. The van der Waals surface area contributed by atoms with Gasteiger partial charge in [0, 0.05) is 19.5 Å². The first-order chi connectivity index (χ1) is 16.1. The first-order valence-electron chi connectivity index (χ1n) is 11.1. The van der Waals surface area contributed by atoms with Crippen LogP contribution in [0.3, 0.4) is 0 Å². The summed E-state index contributed by atoms with van der Waals surface area (Å²) in [6.07, 6.45) is 1.10. The van der Waals surface area contributed by atoms with Gasteiger partial charge in [0.1, 0.15) is 5.78 Å². The zero-order chi connectivity index (χ0) is 25.5. The topological polar surface area (TPSA) is 177 Å². The fourth-order valence-corrected chi connectivity index (χ4v) is 3.12. The van der Waals surface area contributed by atoms with E-state index >= 15 is 0 Å². The Hall–Kier alpha value is -3.76. The summed E-state index contributed by atoms with van der Waals surface area (Å²) in [4.78, 5) is 66.2. The maximum Gasteiger partial charge on any atom is 0.289 e. The maximum absolute atomic E-state index is 12.8. The minimum Gasteiger partial charge on any atom is -0.370 e. The van der Waals surface area contributed by atoms with Crippen LogP contribution in [-0.2, 0) is 30.4 Å². The summed E-state index contributed by atoms with van der Waals surface area (Å²) in [5.41, 5.74) is 11.6. The van der Waals surface area contributed by atoms with Crippen molar-refractivity contribution in [2.75, 3.05) is 26.2 Å². The molecule has 0 saturated carbocycles. The van der Waals surface area contributed by atoms with Gasteiger partial charge in [-0.15, -0.1) is 0 Å². The Morgan fingerprint density at radius 3 is 2.32 bits per heavy atom. The number of benzene rings is 1. The molecule has 1 unspecified atom stereocenters. The van der Waals surface area contributed by atoms with Crippen molar-refractivity contribution in [1.29, 1.82) is 0 Å². The summed E-state index contributed by atoms with van der Waals surface area (Å²) >= 11 is 0. The van der Waals surface area contributed by atoms with Crippen LogP contribution in [0.5, 0.6) is 0 Å². The molecule has 34 heavy (non-hydrogen) atoms. The molecule has 0 saturated heterocycles. The number of nitrogens with one attached hydrogen (secondary N) is 2. The third kappa shape index (κ3) is 11.2. The lowest BCUT2D eigenvalue weighted by Crippen LogP contribution is -2.51. The molecular weight excluding hydrogens is 440 g/mol. The van der Waals surface area contributed by atoms with Crippen molar-refractivity contribution >= 4 is 35.2 Å². The maximum atomic E-state index is 12.8. The molecule has 0 radical (unpaired) electrons. The number of hydrogen-bond donors (Lipinski definition) is 4. The number of rotatable bonds is 15. The van der Waals surface area contributed by atoms with Crippen molar-refractivity contribution in [2.24, 2.45) is 16.5 Å². The highest BCUT2D eigenvalue weighted by Gasteiger charge is 2.27. The minimum atomic E-state index is -1.13. The second-order valence-corrected chi connectivity index (χ2v) is 7.73. The van der Waals surface area contributed by atoms with E-state index in [0.29, 0.717) is 12.8 Å². The van der Waals surface area contributed by atoms with Crippen LogP contribution in [-0.4, -0.2) is 72.4 Å². The van der Waals surface area contributed by atoms with Crippen molar-refractivity contribution < 1.29 is 24.0 Å². The van der Waals surface area contributed by atoms with Gasteiger partial charge in [-0.05, 0) is 31.7 Å². The highest BCUT2D eigenvalue weighted by Crippen LogP contribution is 2.03. The Kier molecular flexibility index (Phi) is 12.6. The molecule has 6 N–H and O–H groups in total. The van der Waals surface area contributed by atoms with Gasteiger partial charge in [0.15, 0.2) is 5.96 Å². The van der Waals surface area contributed by atoms with Gasteiger partial charge in [-0.2, -0.15) is 0 Å². The molecule has 0 aliphatic carbocycles. The number of amides is 3. The van der Waals surface area contributed by atoms with Crippen LogP contribution in [0.15, 0.2) is 35.3 Å². The fraction of sp³-hybridized carbons (Fsp3) is 0.478. The molecule has 3 amide bonds. The summed E-state index contributed by atoms with van der Waals surface area (Å²) in [6.45, 7) is 2.76. The molecule has 0 spiro atoms. The summed E-state index contributed by atoms with van der Waals surface area (Å²) in [7, 11) is 0. The molecule has 0 aromatic heterocycles. The monoisotopic (exact) mass is 474 g/mol. The number of aliphatic imine (C=N–C) groups is 1. The standard InChI is InChI=1S/C23H34N6O5/c1-3-20(32)29(14-16(2)30)15-19(31)28-18(10-7-12-27-23(24)25)21(33)22(34)26-13-11-17-8-5-4-6-9-17/h4-6,8-9,18H,3,7,10-15H2,1-2H3,(H,26,34)(H,28,31)(H4,24,25,27). The van der Waals surface area contributed by atoms with E-state index in [2.05, 4.69) is 15.6 Å². The van der Waals surface area contributed by atoms with Crippen LogP contribution in [0, 0.1) is 0 Å². The van der Waals surface area contributed by atoms with Gasteiger partial charge >= 0.3 is 0 Å². The normalized spacial score (nSPS) is 11.1. The Labute approximate surface area is 199 Å². The predicted octanol–water partition coefficient (Wildman–Crippen LogP) is -0.720. The Morgan fingerprint density at radius 1 is 1.06 bits per heavy atom. The second kappa shape index (κ2) is 15.1. The molecule has 1 aromatic rings. The van der Waals surface area contributed by atoms with Gasteiger partial charge in [0.25, 0.3) is 5.91 Å². The number of Topliss-reactive ketones (excluding diaryl/α,β-unsaturated/α-hetero) is 2. The average molecular weight is 475 g/mol. The number of ketones is 2. The number of carbonyl (C=O) groups is 5. The first kappa shape index (κ1) is 28.3. The molecule has 0 fully saturated rings. The number of nitrogens with zero attached hydrogens (tertiary/aromatic N) is 2. The van der Waals surface area contributed by atoms with E-state index in [4.69, 9.17) is 11.5 Å². The van der Waals surface area contributed by atoms with Gasteiger partial charge in [-0.3, -0.25) is 29.0 Å². The highest BCUT2D eigenvalue weighted by atomic mass is 16.2. The molecule has 0 heterocycles. The third-order valence-electron chi connectivity index (χ3n) is 4.77. The summed E-state index contributed by atoms with van der Waals surface area (Å²) in [6, 6.07) is 8.32. The SMILES string of the molecule is CCC(=O)N(CC(C)=O)CC(=O)NC(CCCN=C(N)N)C(=O)C(=O)NCCc1ccccc1. The second-order valence-electron chi connectivity index (χ2n) is 7.73. The highest BCUT2D eigenvalue weighted by molar-refractivity contribution is 6.38. The number of guanidine groups is 1. The lowest BCUT2D eigenvalue weighted by atomic mass is 10.1. The van der Waals surface area contributed by atoms with E-state index in [0.717, 1.165) is 10.5 Å². The van der Waals surface area contributed by atoms with E-state index in [9.17, 15) is 24.0 Å². The van der Waals surface area contributed by atoms with Crippen LogP contribution in [0.1, 0.15) is 38.7 Å². The van der Waals surface area contributed by atoms with Gasteiger partial charge < -0.3 is 27.0 Å². The summed E-state index contributed by atoms with van der Waals surface area (Å²) < 4.78 is 0. The van der Waals surface area contributed by atoms with Crippen molar-refractivity contribution in [3.8, 4) is 0 Å². The van der Waals surface area contributed by atoms with Gasteiger partial charge in [-0.25, -0.2) is 0 Å². The molecule has 1 aromatic carbocycles. The van der Waals surface area contributed by atoms with Crippen molar-refractivity contribution in [3.05, 3.63) is 35.9 Å². The van der Waals surface area contributed by atoms with Crippen molar-refractivity contribution in [1.82, 2.24) is 15.5 Å². The molecular formula is C23H34N6O5. The van der Waals surface area contributed by atoms with E-state index in [-0.39, 0.29) is 50.1 Å². The summed E-state index contributed by atoms with van der Waals surface area (Å²) in [5.74, 6) is -3.06. The molecule has 1 atom stereocenters. The molecule has 0 aliphatic heterocycles. The lowest BCUT2D eigenvalue weighted by molar-refractivity contribution is -0.141.